The zero-order valence-electron chi connectivity index (χ0n) is 11.1. The average molecular weight is 250 g/mol. The lowest BCUT2D eigenvalue weighted by Gasteiger charge is -2.26. The first-order valence-corrected chi connectivity index (χ1v) is 7.15. The number of nitrogens with zero attached hydrogens (tertiary/aromatic N) is 3. The summed E-state index contributed by atoms with van der Waals surface area (Å²) in [5, 5.41) is 12.2. The molecule has 1 fully saturated rings. The van der Waals surface area contributed by atoms with Crippen molar-refractivity contribution in [2.24, 2.45) is 0 Å². The molecule has 18 heavy (non-hydrogen) atoms. The predicted octanol–water partition coefficient (Wildman–Crippen LogP) is 1.44. The fourth-order valence-corrected chi connectivity index (χ4v) is 2.94. The summed E-state index contributed by atoms with van der Waals surface area (Å²) < 4.78 is 8.09. The molecule has 2 atom stereocenters. The van der Waals surface area contributed by atoms with E-state index < -0.39 is 0 Å². The fourth-order valence-electron chi connectivity index (χ4n) is 2.94. The highest BCUT2D eigenvalue weighted by Crippen LogP contribution is 2.22. The molecule has 3 rings (SSSR count). The fraction of sp³-hybridized carbons (Fsp3) is 0.846. The Morgan fingerprint density at radius 2 is 2.33 bits per heavy atom. The van der Waals surface area contributed by atoms with Crippen LogP contribution in [0.1, 0.15) is 50.3 Å². The van der Waals surface area contributed by atoms with Gasteiger partial charge in [-0.15, -0.1) is 10.2 Å². The first-order valence-electron chi connectivity index (χ1n) is 7.15. The summed E-state index contributed by atoms with van der Waals surface area (Å²) in [4.78, 5) is 0. The van der Waals surface area contributed by atoms with Gasteiger partial charge in [-0.3, -0.25) is 0 Å². The van der Waals surface area contributed by atoms with Crippen LogP contribution in [0.3, 0.4) is 0 Å². The third kappa shape index (κ3) is 2.29. The standard InChI is InChI=1S/C13H22N4O/c1-2-11-13-16-15-12(17(13)7-6-14-11)9-10-5-3-4-8-18-10/h10-11,14H,2-9H2,1H3. The smallest absolute Gasteiger partial charge is 0.150 e. The maximum absolute atomic E-state index is 5.80. The van der Waals surface area contributed by atoms with E-state index in [2.05, 4.69) is 27.0 Å². The molecule has 2 aliphatic heterocycles. The monoisotopic (exact) mass is 250 g/mol. The molecule has 2 unspecified atom stereocenters. The third-order valence-electron chi connectivity index (χ3n) is 3.99. The Bertz CT molecular complexity index is 398. The van der Waals surface area contributed by atoms with Crippen LogP contribution in [0.2, 0.25) is 0 Å². The second-order valence-corrected chi connectivity index (χ2v) is 5.23. The van der Waals surface area contributed by atoms with E-state index >= 15 is 0 Å². The molecule has 1 aromatic rings. The topological polar surface area (TPSA) is 52.0 Å². The SMILES string of the molecule is CCC1NCCn2c(CC3CCCCO3)nnc21. The highest BCUT2D eigenvalue weighted by atomic mass is 16.5. The van der Waals surface area contributed by atoms with Gasteiger partial charge in [-0.05, 0) is 25.7 Å². The van der Waals surface area contributed by atoms with Crippen LogP contribution in [0.5, 0.6) is 0 Å². The summed E-state index contributed by atoms with van der Waals surface area (Å²) in [7, 11) is 0. The molecule has 0 saturated carbocycles. The summed E-state index contributed by atoms with van der Waals surface area (Å²) in [5.74, 6) is 2.21. The van der Waals surface area contributed by atoms with Gasteiger partial charge in [-0.2, -0.15) is 0 Å². The molecular formula is C13H22N4O. The zero-order chi connectivity index (χ0) is 12.4. The molecule has 1 N–H and O–H groups in total. The quantitative estimate of drug-likeness (QED) is 0.882. The number of aromatic nitrogens is 3. The first-order chi connectivity index (χ1) is 8.88. The van der Waals surface area contributed by atoms with Crippen molar-refractivity contribution in [3.05, 3.63) is 11.6 Å². The maximum atomic E-state index is 5.80. The summed E-state index contributed by atoms with van der Waals surface area (Å²) >= 11 is 0. The minimum atomic E-state index is 0.349. The zero-order valence-corrected chi connectivity index (χ0v) is 11.1. The van der Waals surface area contributed by atoms with E-state index in [1.807, 2.05) is 0 Å². The Kier molecular flexibility index (Phi) is 3.61. The van der Waals surface area contributed by atoms with Crippen LogP contribution in [-0.4, -0.2) is 34.0 Å². The van der Waals surface area contributed by atoms with Crippen molar-refractivity contribution in [1.29, 1.82) is 0 Å². The Hall–Kier alpha value is -0.940. The van der Waals surface area contributed by atoms with Gasteiger partial charge in [0.25, 0.3) is 0 Å². The molecule has 5 heteroatoms. The van der Waals surface area contributed by atoms with Crippen LogP contribution >= 0.6 is 0 Å². The molecule has 2 aliphatic rings. The Morgan fingerprint density at radius 3 is 3.11 bits per heavy atom. The average Bonchev–Trinajstić information content (AvgIpc) is 2.83. The van der Waals surface area contributed by atoms with Crippen LogP contribution in [0.15, 0.2) is 0 Å². The molecule has 0 amide bonds. The molecule has 0 bridgehead atoms. The van der Waals surface area contributed by atoms with Crippen molar-refractivity contribution in [2.75, 3.05) is 13.2 Å². The second kappa shape index (κ2) is 5.36. The third-order valence-corrected chi connectivity index (χ3v) is 3.99. The normalized spacial score (nSPS) is 28.1. The maximum Gasteiger partial charge on any atom is 0.150 e. The first kappa shape index (κ1) is 12.1. The predicted molar refractivity (Wildman–Crippen MR) is 68.4 cm³/mol. The van der Waals surface area contributed by atoms with Crippen molar-refractivity contribution in [3.8, 4) is 0 Å². The highest BCUT2D eigenvalue weighted by molar-refractivity contribution is 5.05. The van der Waals surface area contributed by atoms with E-state index in [1.165, 1.54) is 12.8 Å². The summed E-state index contributed by atoms with van der Waals surface area (Å²) in [6.07, 6.45) is 5.99. The van der Waals surface area contributed by atoms with Crippen LogP contribution in [0.4, 0.5) is 0 Å². The van der Waals surface area contributed by atoms with Crippen LogP contribution in [0.25, 0.3) is 0 Å². The Balaban J connectivity index is 1.74. The van der Waals surface area contributed by atoms with Crippen molar-refractivity contribution >= 4 is 0 Å². The van der Waals surface area contributed by atoms with E-state index in [1.54, 1.807) is 0 Å². The molecule has 0 aromatic carbocycles. The number of hydrogen-bond donors (Lipinski definition) is 1. The van der Waals surface area contributed by atoms with Gasteiger partial charge in [0, 0.05) is 26.1 Å². The molecule has 100 valence electrons. The van der Waals surface area contributed by atoms with E-state index in [0.717, 1.165) is 50.6 Å². The molecule has 0 aliphatic carbocycles. The van der Waals surface area contributed by atoms with Crippen molar-refractivity contribution in [3.63, 3.8) is 0 Å². The van der Waals surface area contributed by atoms with Crippen molar-refractivity contribution < 1.29 is 4.74 Å². The summed E-state index contributed by atoms with van der Waals surface area (Å²) in [5.41, 5.74) is 0. The minimum absolute atomic E-state index is 0.349. The number of hydrogen-bond acceptors (Lipinski definition) is 4. The molecule has 5 nitrogen and oxygen atoms in total. The van der Waals surface area contributed by atoms with Crippen LogP contribution < -0.4 is 5.32 Å². The number of ether oxygens (including phenoxy) is 1. The van der Waals surface area contributed by atoms with Crippen LogP contribution in [-0.2, 0) is 17.7 Å². The Labute approximate surface area is 108 Å². The summed E-state index contributed by atoms with van der Waals surface area (Å²) in [6, 6.07) is 0.368. The largest absolute Gasteiger partial charge is 0.378 e. The molecular weight excluding hydrogens is 228 g/mol. The minimum Gasteiger partial charge on any atom is -0.378 e. The summed E-state index contributed by atoms with van der Waals surface area (Å²) in [6.45, 7) is 5.10. The van der Waals surface area contributed by atoms with Gasteiger partial charge >= 0.3 is 0 Å². The number of fused-ring (bicyclic) bond motifs is 1. The van der Waals surface area contributed by atoms with Gasteiger partial charge in [-0.25, -0.2) is 0 Å². The van der Waals surface area contributed by atoms with E-state index in [0.29, 0.717) is 12.1 Å². The van der Waals surface area contributed by atoms with E-state index in [4.69, 9.17) is 4.74 Å². The van der Waals surface area contributed by atoms with Gasteiger partial charge in [0.15, 0.2) is 0 Å². The van der Waals surface area contributed by atoms with Gasteiger partial charge < -0.3 is 14.6 Å². The van der Waals surface area contributed by atoms with Crippen molar-refractivity contribution in [2.45, 2.75) is 57.7 Å². The number of rotatable bonds is 3. The number of nitrogens with one attached hydrogen (secondary N) is 1. The highest BCUT2D eigenvalue weighted by Gasteiger charge is 2.25. The van der Waals surface area contributed by atoms with Gasteiger partial charge in [0.1, 0.15) is 11.6 Å². The second-order valence-electron chi connectivity index (χ2n) is 5.23. The van der Waals surface area contributed by atoms with Gasteiger partial charge in [-0.1, -0.05) is 6.92 Å². The molecule has 0 radical (unpaired) electrons. The van der Waals surface area contributed by atoms with Crippen molar-refractivity contribution in [1.82, 2.24) is 20.1 Å². The lowest BCUT2D eigenvalue weighted by molar-refractivity contribution is 0.0150. The molecule has 1 aromatic heterocycles. The van der Waals surface area contributed by atoms with Gasteiger partial charge in [0.2, 0.25) is 0 Å². The molecule has 1 saturated heterocycles. The van der Waals surface area contributed by atoms with Crippen LogP contribution in [0, 0.1) is 0 Å². The van der Waals surface area contributed by atoms with E-state index in [-0.39, 0.29) is 0 Å². The lowest BCUT2D eigenvalue weighted by Crippen LogP contribution is -2.34. The Morgan fingerprint density at radius 1 is 1.39 bits per heavy atom. The lowest BCUT2D eigenvalue weighted by atomic mass is 10.1. The van der Waals surface area contributed by atoms with Gasteiger partial charge in [0.05, 0.1) is 12.1 Å². The van der Waals surface area contributed by atoms with E-state index in [9.17, 15) is 0 Å². The molecule has 0 spiro atoms. The molecule has 3 heterocycles.